The number of nitrogens with one attached hydrogen (secondary N) is 1. The average molecular weight is 252 g/mol. The van der Waals surface area contributed by atoms with Gasteiger partial charge in [0.2, 0.25) is 0 Å². The van der Waals surface area contributed by atoms with Gasteiger partial charge in [-0.2, -0.15) is 0 Å². The number of rotatable bonds is 4. The topological polar surface area (TPSA) is 35.5 Å². The molecule has 1 aromatic carbocycles. The molecule has 0 radical (unpaired) electrons. The lowest BCUT2D eigenvalue weighted by Crippen LogP contribution is -2.42. The number of halogens is 1. The maximum atomic E-state index is 13.3. The number of aliphatic hydroxyl groups excluding tert-OH is 1. The molecule has 3 nitrogen and oxygen atoms in total. The molecular weight excluding hydrogens is 231 g/mol. The molecule has 1 saturated heterocycles. The summed E-state index contributed by atoms with van der Waals surface area (Å²) >= 11 is 0. The van der Waals surface area contributed by atoms with E-state index in [0.717, 1.165) is 37.1 Å². The van der Waals surface area contributed by atoms with Crippen molar-refractivity contribution in [2.24, 2.45) is 0 Å². The molecule has 1 atom stereocenters. The van der Waals surface area contributed by atoms with Crippen molar-refractivity contribution in [3.8, 4) is 0 Å². The van der Waals surface area contributed by atoms with E-state index in [-0.39, 0.29) is 18.5 Å². The van der Waals surface area contributed by atoms with Gasteiger partial charge in [-0.15, -0.1) is 0 Å². The van der Waals surface area contributed by atoms with Crippen molar-refractivity contribution in [2.45, 2.75) is 31.8 Å². The van der Waals surface area contributed by atoms with Gasteiger partial charge in [-0.05, 0) is 50.1 Å². The molecule has 0 amide bonds. The highest BCUT2D eigenvalue weighted by molar-refractivity contribution is 5.55. The van der Waals surface area contributed by atoms with Crippen molar-refractivity contribution in [2.75, 3.05) is 25.1 Å². The van der Waals surface area contributed by atoms with Crippen LogP contribution >= 0.6 is 0 Å². The summed E-state index contributed by atoms with van der Waals surface area (Å²) in [5.41, 5.74) is 2.00. The molecule has 1 unspecified atom stereocenters. The van der Waals surface area contributed by atoms with Crippen LogP contribution in [0.15, 0.2) is 18.2 Å². The number of hydrogen-bond acceptors (Lipinski definition) is 3. The van der Waals surface area contributed by atoms with Crippen LogP contribution in [0.25, 0.3) is 0 Å². The van der Waals surface area contributed by atoms with Crippen LogP contribution in [0, 0.1) is 5.82 Å². The van der Waals surface area contributed by atoms with Gasteiger partial charge in [-0.25, -0.2) is 4.39 Å². The lowest BCUT2D eigenvalue weighted by molar-refractivity contribution is 0.240. The minimum absolute atomic E-state index is 0.163. The summed E-state index contributed by atoms with van der Waals surface area (Å²) in [7, 11) is 1.86. The Morgan fingerprint density at radius 1 is 1.44 bits per heavy atom. The molecule has 2 N–H and O–H groups in total. The Kier molecular flexibility index (Phi) is 4.55. The molecule has 4 heteroatoms. The minimum Gasteiger partial charge on any atom is -0.394 e. The predicted molar refractivity (Wildman–Crippen MR) is 71.2 cm³/mol. The van der Waals surface area contributed by atoms with Gasteiger partial charge in [0.15, 0.2) is 0 Å². The van der Waals surface area contributed by atoms with Crippen LogP contribution < -0.4 is 10.2 Å². The van der Waals surface area contributed by atoms with Crippen LogP contribution in [0.1, 0.15) is 24.8 Å². The second-order valence-electron chi connectivity index (χ2n) is 4.83. The Morgan fingerprint density at radius 2 is 2.28 bits per heavy atom. The van der Waals surface area contributed by atoms with Crippen LogP contribution in [0.5, 0.6) is 0 Å². The molecule has 18 heavy (non-hydrogen) atoms. The third-order valence-electron chi connectivity index (χ3n) is 3.56. The SMILES string of the molecule is CNCc1cc(F)ccc1N1CCCCC1CO. The molecule has 100 valence electrons. The first-order chi connectivity index (χ1) is 8.76. The number of piperidine rings is 1. The summed E-state index contributed by atoms with van der Waals surface area (Å²) in [5.74, 6) is -0.207. The van der Waals surface area contributed by atoms with Crippen LogP contribution in [-0.2, 0) is 6.54 Å². The van der Waals surface area contributed by atoms with Crippen molar-refractivity contribution in [3.05, 3.63) is 29.6 Å². The first-order valence-electron chi connectivity index (χ1n) is 6.56. The van der Waals surface area contributed by atoms with E-state index >= 15 is 0 Å². The fourth-order valence-electron chi connectivity index (χ4n) is 2.67. The van der Waals surface area contributed by atoms with Gasteiger partial charge >= 0.3 is 0 Å². The van der Waals surface area contributed by atoms with E-state index in [1.807, 2.05) is 13.1 Å². The van der Waals surface area contributed by atoms with E-state index in [4.69, 9.17) is 0 Å². The maximum absolute atomic E-state index is 13.3. The van der Waals surface area contributed by atoms with Crippen molar-refractivity contribution in [1.29, 1.82) is 0 Å². The summed E-state index contributed by atoms with van der Waals surface area (Å²) < 4.78 is 13.3. The normalized spacial score (nSPS) is 20.2. The highest BCUT2D eigenvalue weighted by Gasteiger charge is 2.23. The quantitative estimate of drug-likeness (QED) is 0.859. The second kappa shape index (κ2) is 6.16. The third-order valence-corrected chi connectivity index (χ3v) is 3.56. The number of benzene rings is 1. The van der Waals surface area contributed by atoms with Crippen molar-refractivity contribution >= 4 is 5.69 Å². The summed E-state index contributed by atoms with van der Waals surface area (Å²) in [4.78, 5) is 2.22. The fourth-order valence-corrected chi connectivity index (χ4v) is 2.67. The molecule has 2 rings (SSSR count). The Hall–Kier alpha value is -1.13. The number of anilines is 1. The molecule has 1 heterocycles. The summed E-state index contributed by atoms with van der Waals surface area (Å²) in [6, 6.07) is 5.07. The van der Waals surface area contributed by atoms with Gasteiger partial charge in [0.25, 0.3) is 0 Å². The van der Waals surface area contributed by atoms with Crippen LogP contribution in [0.2, 0.25) is 0 Å². The Bertz CT molecular complexity index is 397. The Labute approximate surface area is 108 Å². The van der Waals surface area contributed by atoms with E-state index in [1.165, 1.54) is 6.07 Å². The van der Waals surface area contributed by atoms with Gasteiger partial charge < -0.3 is 15.3 Å². The molecule has 0 aromatic heterocycles. The van der Waals surface area contributed by atoms with Gasteiger partial charge in [0, 0.05) is 18.8 Å². The van der Waals surface area contributed by atoms with Crippen molar-refractivity contribution in [3.63, 3.8) is 0 Å². The Morgan fingerprint density at radius 3 is 3.00 bits per heavy atom. The number of nitrogens with zero attached hydrogens (tertiary/aromatic N) is 1. The van der Waals surface area contributed by atoms with Crippen molar-refractivity contribution < 1.29 is 9.50 Å². The van der Waals surface area contributed by atoms with E-state index in [0.29, 0.717) is 6.54 Å². The summed E-state index contributed by atoms with van der Waals surface area (Å²) in [6.07, 6.45) is 3.30. The van der Waals surface area contributed by atoms with Crippen molar-refractivity contribution in [1.82, 2.24) is 5.32 Å². The van der Waals surface area contributed by atoms with Crippen LogP contribution in [-0.4, -0.2) is 31.3 Å². The summed E-state index contributed by atoms with van der Waals surface area (Å²) in [5, 5.41) is 12.5. The zero-order valence-electron chi connectivity index (χ0n) is 10.8. The zero-order chi connectivity index (χ0) is 13.0. The molecule has 0 spiro atoms. The predicted octanol–water partition coefficient (Wildman–Crippen LogP) is 1.90. The monoisotopic (exact) mass is 252 g/mol. The van der Waals surface area contributed by atoms with E-state index in [1.54, 1.807) is 6.07 Å². The first kappa shape index (κ1) is 13.3. The van der Waals surface area contributed by atoms with E-state index in [2.05, 4.69) is 10.2 Å². The molecule has 1 aromatic rings. The van der Waals surface area contributed by atoms with E-state index in [9.17, 15) is 9.50 Å². The Balaban J connectivity index is 2.29. The van der Waals surface area contributed by atoms with Gasteiger partial charge in [-0.3, -0.25) is 0 Å². The molecule has 1 aliphatic rings. The molecule has 0 bridgehead atoms. The standard InChI is InChI=1S/C14H21FN2O/c1-16-9-11-8-12(15)5-6-14(11)17-7-3-2-4-13(17)10-18/h5-6,8,13,16,18H,2-4,7,9-10H2,1H3. The molecule has 1 aliphatic heterocycles. The minimum atomic E-state index is -0.207. The third kappa shape index (κ3) is 2.82. The van der Waals surface area contributed by atoms with Crippen LogP contribution in [0.4, 0.5) is 10.1 Å². The summed E-state index contributed by atoms with van der Waals surface area (Å²) in [6.45, 7) is 1.74. The lowest BCUT2D eigenvalue weighted by atomic mass is 10.00. The molecular formula is C14H21FN2O. The highest BCUT2D eigenvalue weighted by atomic mass is 19.1. The second-order valence-corrected chi connectivity index (χ2v) is 4.83. The largest absolute Gasteiger partial charge is 0.394 e. The molecule has 0 aliphatic carbocycles. The lowest BCUT2D eigenvalue weighted by Gasteiger charge is -2.37. The van der Waals surface area contributed by atoms with Crippen LogP contribution in [0.3, 0.4) is 0 Å². The molecule has 0 saturated carbocycles. The van der Waals surface area contributed by atoms with Gasteiger partial charge in [0.1, 0.15) is 5.82 Å². The highest BCUT2D eigenvalue weighted by Crippen LogP contribution is 2.28. The fraction of sp³-hybridized carbons (Fsp3) is 0.571. The molecule has 1 fully saturated rings. The first-order valence-corrected chi connectivity index (χ1v) is 6.56. The average Bonchev–Trinajstić information content (AvgIpc) is 2.39. The smallest absolute Gasteiger partial charge is 0.123 e. The van der Waals surface area contributed by atoms with Gasteiger partial charge in [0.05, 0.1) is 12.6 Å². The zero-order valence-corrected chi connectivity index (χ0v) is 10.8. The number of aliphatic hydroxyl groups is 1. The van der Waals surface area contributed by atoms with E-state index < -0.39 is 0 Å². The maximum Gasteiger partial charge on any atom is 0.123 e. The van der Waals surface area contributed by atoms with Gasteiger partial charge in [-0.1, -0.05) is 0 Å². The number of hydrogen-bond donors (Lipinski definition) is 2.